The fourth-order valence-electron chi connectivity index (χ4n) is 5.18. The number of benzene rings is 4. The Morgan fingerprint density at radius 1 is 0.688 bits per heavy atom. The first kappa shape index (κ1) is 19.6. The highest BCUT2D eigenvalue weighted by molar-refractivity contribution is 7.25. The maximum atomic E-state index is 2.46. The summed E-state index contributed by atoms with van der Waals surface area (Å²) in [6.45, 7) is 6.78. The van der Waals surface area contributed by atoms with Crippen molar-refractivity contribution in [1.82, 2.24) is 4.57 Å². The molecular formula is C30H27NS. The molecule has 6 rings (SSSR count). The summed E-state index contributed by atoms with van der Waals surface area (Å²) in [5, 5.41) is 5.43. The number of nitrogens with zero attached hydrogens (tertiary/aromatic N) is 1. The molecule has 0 aliphatic rings. The summed E-state index contributed by atoms with van der Waals surface area (Å²) in [5.41, 5.74) is 6.66. The molecule has 0 atom stereocenters. The number of para-hydroxylation sites is 1. The van der Waals surface area contributed by atoms with Gasteiger partial charge in [0.25, 0.3) is 0 Å². The molecular weight excluding hydrogens is 406 g/mol. The minimum absolute atomic E-state index is 0.427. The first-order chi connectivity index (χ1) is 15.6. The molecule has 0 saturated carbocycles. The molecule has 0 N–H and O–H groups in total. The smallest absolute Gasteiger partial charge is 0.0494 e. The average molecular weight is 434 g/mol. The van der Waals surface area contributed by atoms with Crippen LogP contribution in [-0.2, 0) is 6.42 Å². The van der Waals surface area contributed by atoms with Crippen molar-refractivity contribution >= 4 is 53.3 Å². The van der Waals surface area contributed by atoms with Gasteiger partial charge in [-0.05, 0) is 67.3 Å². The molecule has 2 aromatic heterocycles. The highest BCUT2D eigenvalue weighted by atomic mass is 32.1. The largest absolute Gasteiger partial charge is 0.338 e. The van der Waals surface area contributed by atoms with Gasteiger partial charge in [-0.3, -0.25) is 0 Å². The first-order valence-corrected chi connectivity index (χ1v) is 12.4. The van der Waals surface area contributed by atoms with Crippen LogP contribution in [0.3, 0.4) is 0 Å². The van der Waals surface area contributed by atoms with Gasteiger partial charge in [0.15, 0.2) is 0 Å². The van der Waals surface area contributed by atoms with Crippen LogP contribution in [0.2, 0.25) is 0 Å². The Morgan fingerprint density at radius 2 is 1.38 bits per heavy atom. The summed E-state index contributed by atoms with van der Waals surface area (Å²) in [5.74, 6) is 0. The molecule has 0 spiro atoms. The van der Waals surface area contributed by atoms with Crippen LogP contribution in [0.25, 0.3) is 53.1 Å². The molecule has 0 amide bonds. The SMILES string of the molecule is CCCc1ccc2c(c1)sc1cc(-c3ccc4c(c3)c3ccccc3n4C(C)C)ccc12. The van der Waals surface area contributed by atoms with Gasteiger partial charge in [0.05, 0.1) is 0 Å². The van der Waals surface area contributed by atoms with E-state index in [1.54, 1.807) is 0 Å². The molecule has 0 radical (unpaired) electrons. The Labute approximate surface area is 192 Å². The van der Waals surface area contributed by atoms with Crippen molar-refractivity contribution in [2.24, 2.45) is 0 Å². The van der Waals surface area contributed by atoms with Crippen molar-refractivity contribution in [3.8, 4) is 11.1 Å². The van der Waals surface area contributed by atoms with Gasteiger partial charge in [-0.2, -0.15) is 0 Å². The van der Waals surface area contributed by atoms with Gasteiger partial charge in [0.2, 0.25) is 0 Å². The molecule has 6 aromatic rings. The Hall–Kier alpha value is -3.10. The van der Waals surface area contributed by atoms with E-state index in [1.807, 2.05) is 11.3 Å². The van der Waals surface area contributed by atoms with Crippen LogP contribution in [0.1, 0.15) is 38.8 Å². The molecule has 2 heteroatoms. The van der Waals surface area contributed by atoms with E-state index < -0.39 is 0 Å². The van der Waals surface area contributed by atoms with E-state index in [1.165, 1.54) is 65.1 Å². The minimum Gasteiger partial charge on any atom is -0.338 e. The molecule has 0 bridgehead atoms. The van der Waals surface area contributed by atoms with Gasteiger partial charge in [0, 0.05) is 48.0 Å². The average Bonchev–Trinajstić information content (AvgIpc) is 3.33. The van der Waals surface area contributed by atoms with Crippen molar-refractivity contribution < 1.29 is 0 Å². The third kappa shape index (κ3) is 2.97. The summed E-state index contributed by atoms with van der Waals surface area (Å²) in [6.07, 6.45) is 2.34. The lowest BCUT2D eigenvalue weighted by Gasteiger charge is -2.11. The van der Waals surface area contributed by atoms with Crippen LogP contribution in [-0.4, -0.2) is 4.57 Å². The van der Waals surface area contributed by atoms with Crippen molar-refractivity contribution in [2.45, 2.75) is 39.7 Å². The maximum absolute atomic E-state index is 2.46. The van der Waals surface area contributed by atoms with Crippen LogP contribution >= 0.6 is 11.3 Å². The van der Waals surface area contributed by atoms with Crippen molar-refractivity contribution in [1.29, 1.82) is 0 Å². The maximum Gasteiger partial charge on any atom is 0.0494 e. The Kier molecular flexibility index (Phi) is 4.58. The third-order valence-electron chi connectivity index (χ3n) is 6.64. The highest BCUT2D eigenvalue weighted by Crippen LogP contribution is 2.39. The van der Waals surface area contributed by atoms with Crippen LogP contribution in [0.15, 0.2) is 78.9 Å². The van der Waals surface area contributed by atoms with E-state index >= 15 is 0 Å². The molecule has 0 unspecified atom stereocenters. The predicted octanol–water partition coefficient (Wildman–Crippen LogP) is 9.36. The zero-order valence-corrected chi connectivity index (χ0v) is 19.7. The zero-order chi connectivity index (χ0) is 21.8. The molecule has 0 fully saturated rings. The van der Waals surface area contributed by atoms with Crippen LogP contribution in [0.5, 0.6) is 0 Å². The summed E-state index contributed by atoms with van der Waals surface area (Å²) in [4.78, 5) is 0. The normalized spacial score (nSPS) is 12.1. The van der Waals surface area contributed by atoms with Gasteiger partial charge in [0.1, 0.15) is 0 Å². The summed E-state index contributed by atoms with van der Waals surface area (Å²) in [6, 6.07) is 30.1. The van der Waals surface area contributed by atoms with E-state index in [9.17, 15) is 0 Å². The van der Waals surface area contributed by atoms with E-state index in [4.69, 9.17) is 0 Å². The van der Waals surface area contributed by atoms with Gasteiger partial charge in [-0.25, -0.2) is 0 Å². The zero-order valence-electron chi connectivity index (χ0n) is 18.9. The molecule has 32 heavy (non-hydrogen) atoms. The summed E-state index contributed by atoms with van der Waals surface area (Å²) in [7, 11) is 0. The Bertz CT molecular complexity index is 1610. The van der Waals surface area contributed by atoms with Gasteiger partial charge in [-0.15, -0.1) is 11.3 Å². The number of aromatic nitrogens is 1. The van der Waals surface area contributed by atoms with Gasteiger partial charge in [-0.1, -0.05) is 61.9 Å². The van der Waals surface area contributed by atoms with Crippen molar-refractivity contribution in [2.75, 3.05) is 0 Å². The quantitative estimate of drug-likeness (QED) is 0.261. The van der Waals surface area contributed by atoms with Crippen molar-refractivity contribution in [3.05, 3.63) is 84.4 Å². The number of aryl methyl sites for hydroxylation is 1. The Morgan fingerprint density at radius 3 is 2.19 bits per heavy atom. The van der Waals surface area contributed by atoms with E-state index in [-0.39, 0.29) is 0 Å². The van der Waals surface area contributed by atoms with Crippen molar-refractivity contribution in [3.63, 3.8) is 0 Å². The predicted molar refractivity (Wildman–Crippen MR) is 142 cm³/mol. The lowest BCUT2D eigenvalue weighted by Crippen LogP contribution is -1.99. The molecule has 4 aromatic carbocycles. The number of hydrogen-bond donors (Lipinski definition) is 0. The second kappa shape index (κ2) is 7.50. The second-order valence-corrected chi connectivity index (χ2v) is 10.2. The van der Waals surface area contributed by atoms with Gasteiger partial charge >= 0.3 is 0 Å². The van der Waals surface area contributed by atoms with Crippen LogP contribution in [0, 0.1) is 0 Å². The minimum atomic E-state index is 0.427. The standard InChI is InChI=1S/C30H27NS/c1-4-7-20-10-13-24-25-14-11-22(18-30(25)32-29(24)16-20)21-12-15-28-26(17-21)23-8-5-6-9-27(23)31(28)19(2)3/h5-6,8-19H,4,7H2,1-3H3. The third-order valence-corrected chi connectivity index (χ3v) is 7.75. The number of rotatable bonds is 4. The topological polar surface area (TPSA) is 4.93 Å². The lowest BCUT2D eigenvalue weighted by atomic mass is 10.0. The number of hydrogen-bond acceptors (Lipinski definition) is 1. The number of thiophene rings is 1. The monoisotopic (exact) mass is 433 g/mol. The number of fused-ring (bicyclic) bond motifs is 6. The summed E-state index contributed by atoms with van der Waals surface area (Å²) >= 11 is 1.92. The second-order valence-electron chi connectivity index (χ2n) is 9.11. The molecule has 0 aliphatic carbocycles. The first-order valence-electron chi connectivity index (χ1n) is 11.6. The molecule has 2 heterocycles. The lowest BCUT2D eigenvalue weighted by molar-refractivity contribution is 0.642. The van der Waals surface area contributed by atoms with E-state index in [2.05, 4.69) is 104 Å². The Balaban J connectivity index is 1.52. The molecule has 1 nitrogen and oxygen atoms in total. The van der Waals surface area contributed by atoms with E-state index in [0.29, 0.717) is 6.04 Å². The fourth-order valence-corrected chi connectivity index (χ4v) is 6.39. The summed E-state index contributed by atoms with van der Waals surface area (Å²) < 4.78 is 5.23. The van der Waals surface area contributed by atoms with Crippen LogP contribution in [0.4, 0.5) is 0 Å². The van der Waals surface area contributed by atoms with Gasteiger partial charge < -0.3 is 4.57 Å². The highest BCUT2D eigenvalue weighted by Gasteiger charge is 2.14. The molecule has 0 saturated heterocycles. The molecule has 0 aliphatic heterocycles. The van der Waals surface area contributed by atoms with E-state index in [0.717, 1.165) is 6.42 Å². The van der Waals surface area contributed by atoms with Crippen LogP contribution < -0.4 is 0 Å². The molecule has 158 valence electrons. The fraction of sp³-hybridized carbons (Fsp3) is 0.200.